The van der Waals surface area contributed by atoms with Crippen molar-refractivity contribution in [3.63, 3.8) is 0 Å². The summed E-state index contributed by atoms with van der Waals surface area (Å²) in [6, 6.07) is 2.69. The van der Waals surface area contributed by atoms with Gasteiger partial charge in [-0.3, -0.25) is 14.9 Å². The number of hydrogen-bond acceptors (Lipinski definition) is 5. The molecule has 0 aromatic heterocycles. The largest absolute Gasteiger partial charge is 0.490 e. The third-order valence-electron chi connectivity index (χ3n) is 3.08. The molecular weight excluding hydrogens is 280 g/mol. The molecule has 0 aliphatic heterocycles. The Bertz CT molecular complexity index is 572. The van der Waals surface area contributed by atoms with Crippen molar-refractivity contribution in [1.82, 2.24) is 4.90 Å². The number of nitro groups is 1. The molecule has 0 spiro atoms. The van der Waals surface area contributed by atoms with E-state index >= 15 is 0 Å². The highest BCUT2D eigenvalue weighted by Crippen LogP contribution is 2.28. The summed E-state index contributed by atoms with van der Waals surface area (Å²) < 4.78 is 4.88. The number of carboxylic acid groups (broad SMARTS) is 1. The van der Waals surface area contributed by atoms with E-state index < -0.39 is 22.8 Å². The quantitative estimate of drug-likeness (QED) is 0.629. The minimum absolute atomic E-state index is 0.0531. The molecular formula is C13H16N2O6. The van der Waals surface area contributed by atoms with Crippen LogP contribution in [0.4, 0.5) is 5.69 Å². The molecule has 8 heteroatoms. The van der Waals surface area contributed by atoms with E-state index in [1.807, 2.05) is 0 Å². The second-order valence-electron chi connectivity index (χ2n) is 4.32. The van der Waals surface area contributed by atoms with Crippen LogP contribution >= 0.6 is 0 Å². The summed E-state index contributed by atoms with van der Waals surface area (Å²) in [7, 11) is 2.63. The molecule has 1 aromatic rings. The van der Waals surface area contributed by atoms with E-state index in [0.29, 0.717) is 0 Å². The van der Waals surface area contributed by atoms with Crippen LogP contribution in [0.5, 0.6) is 5.75 Å². The zero-order valence-electron chi connectivity index (χ0n) is 11.9. The molecule has 1 aromatic carbocycles. The molecule has 1 rings (SSSR count). The average molecular weight is 296 g/mol. The number of benzene rings is 1. The van der Waals surface area contributed by atoms with Crippen LogP contribution in [-0.2, 0) is 4.79 Å². The first-order valence-corrected chi connectivity index (χ1v) is 6.15. The van der Waals surface area contributed by atoms with Crippen molar-refractivity contribution in [3.05, 3.63) is 33.9 Å². The highest BCUT2D eigenvalue weighted by Gasteiger charge is 2.27. The number of hydrogen-bond donors (Lipinski definition) is 1. The van der Waals surface area contributed by atoms with Gasteiger partial charge in [-0.15, -0.1) is 0 Å². The molecule has 0 aliphatic rings. The SMILES string of the molecule is CCC(C(=O)O)N(C)C(=O)c1ccc([N+](=O)[O-])c(OC)c1. The number of ether oxygens (including phenoxy) is 1. The number of amides is 1. The number of carbonyl (C=O) groups is 2. The van der Waals surface area contributed by atoms with Crippen molar-refractivity contribution in [2.45, 2.75) is 19.4 Å². The number of nitrogens with zero attached hydrogens (tertiary/aromatic N) is 2. The Hall–Kier alpha value is -2.64. The molecule has 1 amide bonds. The topological polar surface area (TPSA) is 110 Å². The maximum atomic E-state index is 12.2. The Balaban J connectivity index is 3.13. The van der Waals surface area contributed by atoms with Gasteiger partial charge in [-0.05, 0) is 12.5 Å². The first-order chi connectivity index (χ1) is 9.83. The number of nitro benzene ring substituents is 1. The first-order valence-electron chi connectivity index (χ1n) is 6.15. The number of likely N-dealkylation sites (N-methyl/N-ethyl adjacent to an activating group) is 1. The van der Waals surface area contributed by atoms with Gasteiger partial charge in [0.15, 0.2) is 5.75 Å². The lowest BCUT2D eigenvalue weighted by atomic mass is 10.1. The van der Waals surface area contributed by atoms with E-state index in [4.69, 9.17) is 9.84 Å². The van der Waals surface area contributed by atoms with Gasteiger partial charge in [0, 0.05) is 24.7 Å². The maximum Gasteiger partial charge on any atom is 0.326 e. The fraction of sp³-hybridized carbons (Fsp3) is 0.385. The van der Waals surface area contributed by atoms with Gasteiger partial charge in [0.05, 0.1) is 12.0 Å². The summed E-state index contributed by atoms with van der Waals surface area (Å²) in [4.78, 5) is 34.6. The predicted octanol–water partition coefficient (Wildman–Crippen LogP) is 1.54. The van der Waals surface area contributed by atoms with Crippen LogP contribution in [0.3, 0.4) is 0 Å². The smallest absolute Gasteiger partial charge is 0.326 e. The van der Waals surface area contributed by atoms with Crippen molar-refractivity contribution in [2.75, 3.05) is 14.2 Å². The van der Waals surface area contributed by atoms with Crippen molar-refractivity contribution < 1.29 is 24.4 Å². The highest BCUT2D eigenvalue weighted by atomic mass is 16.6. The zero-order chi connectivity index (χ0) is 16.2. The van der Waals surface area contributed by atoms with Crippen LogP contribution in [0.1, 0.15) is 23.7 Å². The predicted molar refractivity (Wildman–Crippen MR) is 73.5 cm³/mol. The summed E-state index contributed by atoms with van der Waals surface area (Å²) in [6.45, 7) is 1.65. The summed E-state index contributed by atoms with van der Waals surface area (Å²) in [6.07, 6.45) is 0.252. The Morgan fingerprint density at radius 2 is 2.10 bits per heavy atom. The van der Waals surface area contributed by atoms with Gasteiger partial charge in [0.1, 0.15) is 6.04 Å². The minimum atomic E-state index is -1.11. The Morgan fingerprint density at radius 3 is 2.52 bits per heavy atom. The van der Waals surface area contributed by atoms with Gasteiger partial charge in [-0.1, -0.05) is 6.92 Å². The third-order valence-corrected chi connectivity index (χ3v) is 3.08. The fourth-order valence-electron chi connectivity index (χ4n) is 1.92. The van der Waals surface area contributed by atoms with Crippen LogP contribution in [0.15, 0.2) is 18.2 Å². The first kappa shape index (κ1) is 16.4. The Labute approximate surface area is 121 Å². The van der Waals surface area contributed by atoms with Crippen molar-refractivity contribution in [2.24, 2.45) is 0 Å². The van der Waals surface area contributed by atoms with Gasteiger partial charge in [-0.25, -0.2) is 4.79 Å². The molecule has 1 N–H and O–H groups in total. The van der Waals surface area contributed by atoms with Gasteiger partial charge in [-0.2, -0.15) is 0 Å². The van der Waals surface area contributed by atoms with Gasteiger partial charge in [0.2, 0.25) is 0 Å². The fourth-order valence-corrected chi connectivity index (χ4v) is 1.92. The van der Waals surface area contributed by atoms with Gasteiger partial charge in [0.25, 0.3) is 5.91 Å². The average Bonchev–Trinajstić information content (AvgIpc) is 2.45. The van der Waals surface area contributed by atoms with Crippen LogP contribution in [0.2, 0.25) is 0 Å². The number of methoxy groups -OCH3 is 1. The number of carbonyl (C=O) groups excluding carboxylic acids is 1. The minimum Gasteiger partial charge on any atom is -0.490 e. The monoisotopic (exact) mass is 296 g/mol. The van der Waals surface area contributed by atoms with Gasteiger partial charge < -0.3 is 14.7 Å². The molecule has 0 saturated heterocycles. The standard InChI is InChI=1S/C13H16N2O6/c1-4-9(13(17)18)14(2)12(16)8-5-6-10(15(19)20)11(7-8)21-3/h5-7,9H,4H2,1-3H3,(H,17,18). The molecule has 0 fully saturated rings. The van der Waals surface area contributed by atoms with Crippen molar-refractivity contribution in [3.8, 4) is 5.75 Å². The molecule has 0 aliphatic carbocycles. The van der Waals surface area contributed by atoms with Crippen LogP contribution in [0, 0.1) is 10.1 Å². The Kier molecular flexibility index (Phi) is 5.23. The lowest BCUT2D eigenvalue weighted by Gasteiger charge is -2.23. The van der Waals surface area contributed by atoms with Crippen LogP contribution in [-0.4, -0.2) is 47.0 Å². The number of rotatable bonds is 6. The van der Waals surface area contributed by atoms with E-state index in [0.717, 1.165) is 11.0 Å². The molecule has 0 bridgehead atoms. The normalized spacial score (nSPS) is 11.6. The second kappa shape index (κ2) is 6.69. The van der Waals surface area contributed by atoms with Gasteiger partial charge >= 0.3 is 11.7 Å². The molecule has 8 nitrogen and oxygen atoms in total. The van der Waals surface area contributed by atoms with E-state index in [1.54, 1.807) is 6.92 Å². The van der Waals surface area contributed by atoms with E-state index in [2.05, 4.69) is 0 Å². The molecule has 0 heterocycles. The summed E-state index contributed by atoms with van der Waals surface area (Å²) in [5.41, 5.74) is -0.137. The van der Waals surface area contributed by atoms with Crippen molar-refractivity contribution in [1.29, 1.82) is 0 Å². The number of aliphatic carboxylic acids is 1. The van der Waals surface area contributed by atoms with Crippen LogP contribution in [0.25, 0.3) is 0 Å². The number of carboxylic acids is 1. The van der Waals surface area contributed by atoms with E-state index in [1.165, 1.54) is 26.3 Å². The van der Waals surface area contributed by atoms with Crippen molar-refractivity contribution >= 4 is 17.6 Å². The van der Waals surface area contributed by atoms with E-state index in [9.17, 15) is 19.7 Å². The van der Waals surface area contributed by atoms with E-state index in [-0.39, 0.29) is 23.4 Å². The molecule has 1 atom stereocenters. The summed E-state index contributed by atoms with van der Waals surface area (Å²) in [5, 5.41) is 19.8. The lowest BCUT2D eigenvalue weighted by molar-refractivity contribution is -0.385. The summed E-state index contributed by atoms with van der Waals surface area (Å²) in [5.74, 6) is -1.71. The molecule has 1 unspecified atom stereocenters. The second-order valence-corrected chi connectivity index (χ2v) is 4.32. The third kappa shape index (κ3) is 3.47. The molecule has 0 saturated carbocycles. The molecule has 114 valence electrons. The Morgan fingerprint density at radius 1 is 1.48 bits per heavy atom. The maximum absolute atomic E-state index is 12.2. The lowest BCUT2D eigenvalue weighted by Crippen LogP contribution is -2.41. The summed E-state index contributed by atoms with van der Waals surface area (Å²) >= 11 is 0. The molecule has 0 radical (unpaired) electrons. The molecule has 21 heavy (non-hydrogen) atoms. The zero-order valence-corrected chi connectivity index (χ0v) is 11.9. The highest BCUT2D eigenvalue weighted by molar-refractivity contribution is 5.97. The van der Waals surface area contributed by atoms with Crippen LogP contribution < -0.4 is 4.74 Å².